The molecule has 11 heteroatoms. The van der Waals surface area contributed by atoms with E-state index in [1.807, 2.05) is 7.05 Å². The number of anilines is 1. The average molecular weight is 755 g/mol. The van der Waals surface area contributed by atoms with Crippen molar-refractivity contribution >= 4 is 22.6 Å². The Morgan fingerprint density at radius 1 is 1.09 bits per heavy atom. The summed E-state index contributed by atoms with van der Waals surface area (Å²) in [6.07, 6.45) is 6.05. The number of methoxy groups -OCH3 is 2. The lowest BCUT2D eigenvalue weighted by Crippen LogP contribution is -2.82. The summed E-state index contributed by atoms with van der Waals surface area (Å²) >= 11 is 0. The van der Waals surface area contributed by atoms with E-state index in [9.17, 15) is 20.1 Å². The smallest absolute Gasteiger partial charge is 0.303 e. The fourth-order valence-electron chi connectivity index (χ4n) is 13.1. The van der Waals surface area contributed by atoms with Gasteiger partial charge in [0.15, 0.2) is 11.9 Å². The Bertz CT molecular complexity index is 2030. The molecule has 2 aromatic carbocycles. The zero-order valence-electron chi connectivity index (χ0n) is 33.2. The minimum absolute atomic E-state index is 0.0620. The molecular weight excluding hydrogens is 697 g/mol. The molecule has 6 heterocycles. The van der Waals surface area contributed by atoms with Crippen molar-refractivity contribution in [2.24, 2.45) is 11.3 Å². The fraction of sp³-hybridized carbons (Fsp3) is 0.614. The van der Waals surface area contributed by atoms with E-state index in [4.69, 9.17) is 14.2 Å². The van der Waals surface area contributed by atoms with E-state index in [0.717, 1.165) is 79.9 Å². The predicted molar refractivity (Wildman–Crippen MR) is 210 cm³/mol. The van der Waals surface area contributed by atoms with Crippen molar-refractivity contribution in [2.75, 3.05) is 58.9 Å². The Hall–Kier alpha value is -3.45. The topological polar surface area (TPSA) is 131 Å². The number of hydrogen-bond donors (Lipinski definition) is 4. The highest BCUT2D eigenvalue weighted by Gasteiger charge is 2.79. The lowest BCUT2D eigenvalue weighted by atomic mass is 9.47. The van der Waals surface area contributed by atoms with Crippen LogP contribution in [0.15, 0.2) is 48.6 Å². The zero-order chi connectivity index (χ0) is 38.7. The monoisotopic (exact) mass is 754 g/mol. The van der Waals surface area contributed by atoms with Crippen LogP contribution in [0, 0.1) is 11.3 Å². The number of nitrogens with one attached hydrogen (secondary N) is 1. The molecule has 0 amide bonds. The SMILES string of the molecule is CCC1(O)CC2CC(c3cc4c(cc3OC)N(C)C3C45CCN4CC=CC(CC)(C45)C(OC(C)=O)C3(O)C(O)OC)c3[nH]c4ccccc4c3CCN(C2)C1. The number of hydrogen-bond acceptors (Lipinski definition) is 10. The molecule has 11 nitrogen and oxygen atoms in total. The minimum atomic E-state index is -2.00. The van der Waals surface area contributed by atoms with Gasteiger partial charge < -0.3 is 39.4 Å². The summed E-state index contributed by atoms with van der Waals surface area (Å²) in [7, 11) is 5.11. The van der Waals surface area contributed by atoms with E-state index in [-0.39, 0.29) is 17.9 Å². The van der Waals surface area contributed by atoms with Gasteiger partial charge in [-0.1, -0.05) is 44.2 Å². The Morgan fingerprint density at radius 3 is 2.62 bits per heavy atom. The van der Waals surface area contributed by atoms with Crippen molar-refractivity contribution in [3.8, 4) is 5.75 Å². The van der Waals surface area contributed by atoms with Gasteiger partial charge in [-0.2, -0.15) is 0 Å². The van der Waals surface area contributed by atoms with Crippen LogP contribution in [-0.4, -0.2) is 126 Å². The summed E-state index contributed by atoms with van der Waals surface area (Å²) in [6, 6.07) is 12.3. The van der Waals surface area contributed by atoms with Crippen LogP contribution < -0.4 is 9.64 Å². The minimum Gasteiger partial charge on any atom is -0.496 e. The number of para-hydroxylation sites is 1. The van der Waals surface area contributed by atoms with Gasteiger partial charge in [-0.15, -0.1) is 0 Å². The number of aromatic nitrogens is 1. The van der Waals surface area contributed by atoms with Crippen LogP contribution in [-0.2, 0) is 26.1 Å². The summed E-state index contributed by atoms with van der Waals surface area (Å²) < 4.78 is 18.3. The molecule has 4 N–H and O–H groups in total. The van der Waals surface area contributed by atoms with Crippen molar-refractivity contribution in [1.29, 1.82) is 0 Å². The number of likely N-dealkylation sites (N-methyl/N-ethyl adjacent to an activating group) is 1. The van der Waals surface area contributed by atoms with E-state index < -0.39 is 46.4 Å². The van der Waals surface area contributed by atoms with E-state index in [0.29, 0.717) is 19.4 Å². The van der Waals surface area contributed by atoms with Gasteiger partial charge >= 0.3 is 5.97 Å². The first-order valence-corrected chi connectivity index (χ1v) is 20.4. The quantitative estimate of drug-likeness (QED) is 0.156. The summed E-state index contributed by atoms with van der Waals surface area (Å²) in [5, 5.41) is 38.3. The van der Waals surface area contributed by atoms with Crippen LogP contribution in [0.1, 0.15) is 81.2 Å². The van der Waals surface area contributed by atoms with Crippen molar-refractivity contribution in [3.63, 3.8) is 0 Å². The highest BCUT2D eigenvalue weighted by atomic mass is 16.6. The fourth-order valence-corrected chi connectivity index (χ4v) is 13.1. The third kappa shape index (κ3) is 5.05. The van der Waals surface area contributed by atoms with Gasteiger partial charge in [0, 0.05) is 104 Å². The molecule has 9 rings (SSSR count). The normalized spacial score (nSPS) is 38.3. The Morgan fingerprint density at radius 2 is 1.89 bits per heavy atom. The highest BCUT2D eigenvalue weighted by Crippen LogP contribution is 2.68. The van der Waals surface area contributed by atoms with Crippen LogP contribution in [0.2, 0.25) is 0 Å². The summed E-state index contributed by atoms with van der Waals surface area (Å²) in [5.74, 6) is 0.448. The number of aliphatic hydroxyl groups is 3. The molecule has 2 bridgehead atoms. The third-order valence-corrected chi connectivity index (χ3v) is 15.1. The van der Waals surface area contributed by atoms with Gasteiger partial charge in [-0.25, -0.2) is 0 Å². The molecule has 3 fully saturated rings. The van der Waals surface area contributed by atoms with Crippen molar-refractivity contribution in [1.82, 2.24) is 14.8 Å². The molecule has 3 aromatic rings. The molecule has 0 radical (unpaired) electrons. The van der Waals surface area contributed by atoms with Gasteiger partial charge in [0.2, 0.25) is 0 Å². The van der Waals surface area contributed by atoms with Crippen LogP contribution >= 0.6 is 0 Å². The number of H-pyrrole nitrogens is 1. The Kier molecular flexibility index (Phi) is 8.81. The van der Waals surface area contributed by atoms with Crippen molar-refractivity contribution in [2.45, 2.75) is 106 Å². The number of rotatable bonds is 7. The number of piperidine rings is 1. The molecule has 11 atom stereocenters. The van der Waals surface area contributed by atoms with Crippen LogP contribution in [0.5, 0.6) is 5.75 Å². The Labute approximate surface area is 324 Å². The number of nitrogens with zero attached hydrogens (tertiary/aromatic N) is 3. The van der Waals surface area contributed by atoms with Gasteiger partial charge in [0.25, 0.3) is 0 Å². The molecule has 296 valence electrons. The molecule has 5 aliphatic heterocycles. The summed E-state index contributed by atoms with van der Waals surface area (Å²) in [6.45, 7) is 9.61. The molecule has 55 heavy (non-hydrogen) atoms. The van der Waals surface area contributed by atoms with E-state index in [2.05, 4.69) is 82.1 Å². The van der Waals surface area contributed by atoms with Gasteiger partial charge in [-0.05, 0) is 74.2 Å². The summed E-state index contributed by atoms with van der Waals surface area (Å²) in [4.78, 5) is 23.9. The van der Waals surface area contributed by atoms with E-state index in [1.54, 1.807) is 7.11 Å². The largest absolute Gasteiger partial charge is 0.496 e. The predicted octanol–water partition coefficient (Wildman–Crippen LogP) is 4.46. The second-order valence-electron chi connectivity index (χ2n) is 17.6. The number of ether oxygens (including phenoxy) is 3. The maximum Gasteiger partial charge on any atom is 0.303 e. The number of carbonyl (C=O) groups excluding carboxylic acids is 1. The molecule has 1 saturated carbocycles. The molecule has 6 aliphatic rings. The number of fused-ring (bicyclic) bond motifs is 6. The van der Waals surface area contributed by atoms with E-state index in [1.165, 1.54) is 30.7 Å². The average Bonchev–Trinajstić information content (AvgIpc) is 3.84. The van der Waals surface area contributed by atoms with Gasteiger partial charge in [0.1, 0.15) is 11.9 Å². The van der Waals surface area contributed by atoms with Crippen LogP contribution in [0.3, 0.4) is 0 Å². The molecule has 11 unspecified atom stereocenters. The first-order valence-electron chi connectivity index (χ1n) is 20.4. The summed E-state index contributed by atoms with van der Waals surface area (Å²) in [5.41, 5.74) is 2.57. The number of aliphatic hydroxyl groups excluding tert-OH is 1. The van der Waals surface area contributed by atoms with Crippen LogP contribution in [0.25, 0.3) is 10.9 Å². The number of esters is 1. The van der Waals surface area contributed by atoms with E-state index >= 15 is 0 Å². The molecule has 1 spiro atoms. The van der Waals surface area contributed by atoms with Gasteiger partial charge in [-0.3, -0.25) is 14.6 Å². The molecule has 1 aliphatic carbocycles. The number of benzene rings is 2. The maximum absolute atomic E-state index is 13.3. The maximum atomic E-state index is 13.3. The molecule has 2 saturated heterocycles. The second-order valence-corrected chi connectivity index (χ2v) is 17.6. The molecule has 1 aromatic heterocycles. The molecular formula is C44H58N4O7. The number of aromatic amines is 1. The van der Waals surface area contributed by atoms with Gasteiger partial charge in [0.05, 0.1) is 18.8 Å². The third-order valence-electron chi connectivity index (χ3n) is 15.1. The second kappa shape index (κ2) is 13.0. The first-order chi connectivity index (χ1) is 26.4. The van der Waals surface area contributed by atoms with Crippen molar-refractivity contribution < 1.29 is 34.3 Å². The lowest BCUT2D eigenvalue weighted by molar-refractivity contribution is -0.293. The first kappa shape index (κ1) is 37.1. The lowest BCUT2D eigenvalue weighted by Gasteiger charge is -2.65. The zero-order valence-corrected chi connectivity index (χ0v) is 33.2. The van der Waals surface area contributed by atoms with Crippen LogP contribution in [0.4, 0.5) is 5.69 Å². The standard InChI is InChI=1S/C44H58N4O7/c1-7-41(51)23-27-20-31(36-29(14-18-47(24-27)25-41)28-12-9-10-13-33(28)45-36)30-21-32-34(22-35(30)53-5)46(4)38-43(32)16-19-48-17-11-15-42(8-2,37(43)48)39(55-26(3)49)44(38,52)40(50)54-6/h9-13,15,21-22,27,31,37-40,45,50-52H,7-8,14,16-20,23-25H2,1-6H3. The van der Waals surface area contributed by atoms with Crippen molar-refractivity contribution in [3.05, 3.63) is 70.9 Å². The Balaban J connectivity index is 1.29. The number of carbonyl (C=O) groups is 1. The highest BCUT2D eigenvalue weighted by molar-refractivity contribution is 5.85.